The Labute approximate surface area is 127 Å². The number of carbonyl (C=O) groups excluding carboxylic acids is 1. The zero-order valence-electron chi connectivity index (χ0n) is 13.0. The molecule has 0 atom stereocenters. The molecule has 1 aromatic rings. The number of nitrogen functional groups attached to an aromatic ring is 1. The zero-order valence-corrected chi connectivity index (χ0v) is 13.0. The average Bonchev–Trinajstić information content (AvgIpc) is 2.96. The highest BCUT2D eigenvalue weighted by Gasteiger charge is 2.14. The number of nitrogens with zero attached hydrogens (tertiary/aromatic N) is 1. The molecule has 0 unspecified atom stereocenters. The molecule has 0 saturated heterocycles. The molecular formula is C17H27N3O. The third-order valence-electron chi connectivity index (χ3n) is 4.22. The van der Waals surface area contributed by atoms with Gasteiger partial charge in [-0.15, -0.1) is 0 Å². The minimum atomic E-state index is -0.0344. The summed E-state index contributed by atoms with van der Waals surface area (Å²) in [4.78, 5) is 16.4. The Morgan fingerprint density at radius 1 is 1.38 bits per heavy atom. The van der Waals surface area contributed by atoms with Crippen molar-refractivity contribution in [2.24, 2.45) is 5.92 Å². The van der Waals surface area contributed by atoms with E-state index in [0.29, 0.717) is 11.4 Å². The molecule has 1 aliphatic carbocycles. The van der Waals surface area contributed by atoms with Crippen molar-refractivity contribution in [3.05, 3.63) is 23.4 Å². The molecule has 0 aliphatic heterocycles. The first-order valence-electron chi connectivity index (χ1n) is 8.23. The first-order valence-corrected chi connectivity index (χ1v) is 8.23. The minimum absolute atomic E-state index is 0.0344. The van der Waals surface area contributed by atoms with Crippen molar-refractivity contribution < 1.29 is 4.79 Å². The molecule has 4 heteroatoms. The molecule has 2 rings (SSSR count). The Morgan fingerprint density at radius 3 is 2.86 bits per heavy atom. The Bertz CT molecular complexity index is 467. The molecule has 0 bridgehead atoms. The van der Waals surface area contributed by atoms with E-state index in [-0.39, 0.29) is 5.91 Å². The summed E-state index contributed by atoms with van der Waals surface area (Å²) in [5.41, 5.74) is 7.30. The fourth-order valence-electron chi connectivity index (χ4n) is 3.12. The Balaban J connectivity index is 1.79. The summed E-state index contributed by atoms with van der Waals surface area (Å²) in [6, 6.07) is 3.51. The van der Waals surface area contributed by atoms with Gasteiger partial charge in [0.05, 0.1) is 0 Å². The number of amides is 1. The number of aryl methyl sites for hydroxylation is 1. The Kier molecular flexibility index (Phi) is 6.03. The summed E-state index contributed by atoms with van der Waals surface area (Å²) in [5, 5.41) is 3.00. The number of pyridine rings is 1. The molecule has 3 N–H and O–H groups in total. The second-order valence-electron chi connectivity index (χ2n) is 6.07. The van der Waals surface area contributed by atoms with Crippen LogP contribution in [-0.2, 0) is 6.42 Å². The summed E-state index contributed by atoms with van der Waals surface area (Å²) >= 11 is 0. The van der Waals surface area contributed by atoms with Crippen molar-refractivity contribution in [3.8, 4) is 0 Å². The lowest BCUT2D eigenvalue weighted by molar-refractivity contribution is 0.0952. The standard InChI is InChI=1S/C17H27N3O/c1-2-6-15-11-14(12-16(18)20-15)17(21)19-10-5-9-13-7-3-4-8-13/h11-13H,2-10H2,1H3,(H2,18,20)(H,19,21). The van der Waals surface area contributed by atoms with E-state index in [1.54, 1.807) is 6.07 Å². The molecule has 1 aromatic heterocycles. The molecule has 1 heterocycles. The van der Waals surface area contributed by atoms with Gasteiger partial charge in [0.2, 0.25) is 0 Å². The summed E-state index contributed by atoms with van der Waals surface area (Å²) in [6.07, 6.45) is 9.66. The number of aromatic nitrogens is 1. The van der Waals surface area contributed by atoms with Crippen LogP contribution in [0.1, 0.15) is 67.9 Å². The van der Waals surface area contributed by atoms with Crippen molar-refractivity contribution in [3.63, 3.8) is 0 Å². The topological polar surface area (TPSA) is 68.0 Å². The first kappa shape index (κ1) is 15.8. The predicted octanol–water partition coefficient (Wildman–Crippen LogP) is 3.32. The maximum Gasteiger partial charge on any atom is 0.251 e. The Morgan fingerprint density at radius 2 is 2.14 bits per heavy atom. The van der Waals surface area contributed by atoms with Crippen LogP contribution in [0.4, 0.5) is 5.82 Å². The van der Waals surface area contributed by atoms with Crippen LogP contribution >= 0.6 is 0 Å². The number of rotatable bonds is 7. The van der Waals surface area contributed by atoms with Gasteiger partial charge in [0, 0.05) is 17.8 Å². The highest BCUT2D eigenvalue weighted by molar-refractivity contribution is 5.94. The smallest absolute Gasteiger partial charge is 0.251 e. The monoisotopic (exact) mass is 289 g/mol. The van der Waals surface area contributed by atoms with Crippen LogP contribution in [0.5, 0.6) is 0 Å². The lowest BCUT2D eigenvalue weighted by Gasteiger charge is -2.10. The van der Waals surface area contributed by atoms with E-state index in [1.807, 2.05) is 6.07 Å². The van der Waals surface area contributed by atoms with Gasteiger partial charge in [-0.3, -0.25) is 4.79 Å². The van der Waals surface area contributed by atoms with Gasteiger partial charge in [-0.2, -0.15) is 0 Å². The van der Waals surface area contributed by atoms with E-state index in [2.05, 4.69) is 17.2 Å². The first-order chi connectivity index (χ1) is 10.2. The van der Waals surface area contributed by atoms with Crippen LogP contribution < -0.4 is 11.1 Å². The van der Waals surface area contributed by atoms with Gasteiger partial charge in [-0.25, -0.2) is 4.98 Å². The second-order valence-corrected chi connectivity index (χ2v) is 6.07. The third kappa shape index (κ3) is 5.03. The molecule has 1 aliphatic rings. The van der Waals surface area contributed by atoms with E-state index in [0.717, 1.165) is 37.4 Å². The average molecular weight is 289 g/mol. The van der Waals surface area contributed by atoms with E-state index in [9.17, 15) is 4.79 Å². The zero-order chi connectivity index (χ0) is 15.1. The SMILES string of the molecule is CCCc1cc(C(=O)NCCCC2CCCC2)cc(N)n1. The third-order valence-corrected chi connectivity index (χ3v) is 4.22. The number of nitrogens with one attached hydrogen (secondary N) is 1. The lowest BCUT2D eigenvalue weighted by Crippen LogP contribution is -2.25. The van der Waals surface area contributed by atoms with Gasteiger partial charge in [-0.1, -0.05) is 39.0 Å². The van der Waals surface area contributed by atoms with E-state index >= 15 is 0 Å². The molecular weight excluding hydrogens is 262 g/mol. The van der Waals surface area contributed by atoms with Gasteiger partial charge in [0.25, 0.3) is 5.91 Å². The molecule has 0 aromatic carbocycles. The normalized spacial score (nSPS) is 15.3. The van der Waals surface area contributed by atoms with Gasteiger partial charge in [0.15, 0.2) is 0 Å². The minimum Gasteiger partial charge on any atom is -0.384 e. The molecule has 1 saturated carbocycles. The summed E-state index contributed by atoms with van der Waals surface area (Å²) in [6.45, 7) is 2.84. The summed E-state index contributed by atoms with van der Waals surface area (Å²) < 4.78 is 0. The molecule has 1 amide bonds. The fraction of sp³-hybridized carbons (Fsp3) is 0.647. The highest BCUT2D eigenvalue weighted by Crippen LogP contribution is 2.28. The van der Waals surface area contributed by atoms with Crippen LogP contribution in [0, 0.1) is 5.92 Å². The number of anilines is 1. The van der Waals surface area contributed by atoms with Gasteiger partial charge in [-0.05, 0) is 37.3 Å². The van der Waals surface area contributed by atoms with Crippen molar-refractivity contribution in [2.45, 2.75) is 58.3 Å². The van der Waals surface area contributed by atoms with E-state index < -0.39 is 0 Å². The van der Waals surface area contributed by atoms with Crippen molar-refractivity contribution >= 4 is 11.7 Å². The molecule has 116 valence electrons. The maximum absolute atomic E-state index is 12.2. The number of hydrogen-bond donors (Lipinski definition) is 2. The molecule has 0 spiro atoms. The van der Waals surface area contributed by atoms with Crippen molar-refractivity contribution in [1.29, 1.82) is 0 Å². The highest BCUT2D eigenvalue weighted by atomic mass is 16.1. The quantitative estimate of drug-likeness (QED) is 0.757. The summed E-state index contributed by atoms with van der Waals surface area (Å²) in [5.74, 6) is 1.28. The largest absolute Gasteiger partial charge is 0.384 e. The van der Waals surface area contributed by atoms with Crippen LogP contribution in [0.15, 0.2) is 12.1 Å². The van der Waals surface area contributed by atoms with E-state index in [4.69, 9.17) is 5.73 Å². The predicted molar refractivity (Wildman–Crippen MR) is 86.2 cm³/mol. The number of hydrogen-bond acceptors (Lipinski definition) is 3. The van der Waals surface area contributed by atoms with Crippen molar-refractivity contribution in [1.82, 2.24) is 10.3 Å². The molecule has 21 heavy (non-hydrogen) atoms. The fourth-order valence-corrected chi connectivity index (χ4v) is 3.12. The van der Waals surface area contributed by atoms with Gasteiger partial charge < -0.3 is 11.1 Å². The molecule has 1 fully saturated rings. The summed E-state index contributed by atoms with van der Waals surface area (Å²) in [7, 11) is 0. The van der Waals surface area contributed by atoms with Gasteiger partial charge in [0.1, 0.15) is 5.82 Å². The molecule has 0 radical (unpaired) electrons. The van der Waals surface area contributed by atoms with Gasteiger partial charge >= 0.3 is 0 Å². The second kappa shape index (κ2) is 8.01. The number of carbonyl (C=O) groups is 1. The van der Waals surface area contributed by atoms with E-state index in [1.165, 1.54) is 32.1 Å². The molecule has 4 nitrogen and oxygen atoms in total. The maximum atomic E-state index is 12.2. The van der Waals surface area contributed by atoms with Crippen molar-refractivity contribution in [2.75, 3.05) is 12.3 Å². The van der Waals surface area contributed by atoms with Crippen LogP contribution in [0.2, 0.25) is 0 Å². The Hall–Kier alpha value is -1.58. The van der Waals surface area contributed by atoms with Crippen LogP contribution in [-0.4, -0.2) is 17.4 Å². The van der Waals surface area contributed by atoms with Crippen LogP contribution in [0.25, 0.3) is 0 Å². The number of nitrogens with two attached hydrogens (primary N) is 1. The lowest BCUT2D eigenvalue weighted by atomic mass is 10.0. The van der Waals surface area contributed by atoms with Crippen LogP contribution in [0.3, 0.4) is 0 Å².